The van der Waals surface area contributed by atoms with Crippen molar-refractivity contribution >= 4 is 16.8 Å². The average molecular weight is 346 g/mol. The van der Waals surface area contributed by atoms with Crippen LogP contribution in [0.5, 0.6) is 0 Å². The van der Waals surface area contributed by atoms with Crippen molar-refractivity contribution in [1.29, 1.82) is 0 Å². The number of rotatable bonds is 5. The molecule has 3 nitrogen and oxygen atoms in total. The summed E-state index contributed by atoms with van der Waals surface area (Å²) in [5, 5.41) is 3.90. The summed E-state index contributed by atoms with van der Waals surface area (Å²) < 4.78 is 39.6. The van der Waals surface area contributed by atoms with Crippen molar-refractivity contribution in [3.05, 3.63) is 71.9 Å². The number of fused-ring (bicyclic) bond motifs is 1. The Kier molecular flexibility index (Phi) is 4.79. The summed E-state index contributed by atoms with van der Waals surface area (Å²) in [6.07, 6.45) is -1.66. The van der Waals surface area contributed by atoms with Crippen LogP contribution in [-0.4, -0.2) is 17.0 Å². The Labute approximate surface area is 143 Å². The van der Waals surface area contributed by atoms with Crippen molar-refractivity contribution in [2.24, 2.45) is 0 Å². The largest absolute Gasteiger partial charge is 0.416 e. The zero-order chi connectivity index (χ0) is 17.9. The smallest absolute Gasteiger partial charge is 0.352 e. The van der Waals surface area contributed by atoms with Crippen molar-refractivity contribution in [2.45, 2.75) is 19.1 Å². The number of carbonyl (C=O) groups is 1. The van der Waals surface area contributed by atoms with E-state index < -0.39 is 11.7 Å². The molecule has 6 heteroatoms. The van der Waals surface area contributed by atoms with Crippen LogP contribution < -0.4 is 5.32 Å². The molecule has 0 spiro atoms. The zero-order valence-corrected chi connectivity index (χ0v) is 13.4. The van der Waals surface area contributed by atoms with Crippen LogP contribution in [0.1, 0.15) is 22.3 Å². The summed E-state index contributed by atoms with van der Waals surface area (Å²) in [7, 11) is 0. The van der Waals surface area contributed by atoms with Gasteiger partial charge < -0.3 is 9.88 Å². The number of carbonyl (C=O) groups excluding carboxylic acids is 1. The monoisotopic (exact) mass is 346 g/mol. The van der Waals surface area contributed by atoms with Gasteiger partial charge in [-0.3, -0.25) is 4.79 Å². The van der Waals surface area contributed by atoms with Crippen molar-refractivity contribution in [1.82, 2.24) is 9.88 Å². The number of halogens is 3. The zero-order valence-electron chi connectivity index (χ0n) is 13.4. The number of hydrogen-bond donors (Lipinski definition) is 1. The third-order valence-corrected chi connectivity index (χ3v) is 4.02. The minimum atomic E-state index is -4.39. The predicted octanol–water partition coefficient (Wildman–Crippen LogP) is 4.48. The maximum absolute atomic E-state index is 12.5. The molecule has 0 aliphatic rings. The van der Waals surface area contributed by atoms with Gasteiger partial charge in [-0.15, -0.1) is 0 Å². The summed E-state index contributed by atoms with van der Waals surface area (Å²) in [6, 6.07) is 14.3. The lowest BCUT2D eigenvalue weighted by atomic mass is 10.1. The molecule has 25 heavy (non-hydrogen) atoms. The molecule has 1 amide bonds. The van der Waals surface area contributed by atoms with Gasteiger partial charge in [-0.1, -0.05) is 18.2 Å². The van der Waals surface area contributed by atoms with Gasteiger partial charge >= 0.3 is 6.18 Å². The maximum atomic E-state index is 12.5. The number of nitrogens with zero attached hydrogens (tertiary/aromatic N) is 1. The molecule has 1 heterocycles. The van der Waals surface area contributed by atoms with Crippen molar-refractivity contribution in [3.8, 4) is 0 Å². The van der Waals surface area contributed by atoms with Gasteiger partial charge in [0.1, 0.15) is 0 Å². The Morgan fingerprint density at radius 3 is 2.44 bits per heavy atom. The van der Waals surface area contributed by atoms with Gasteiger partial charge in [0.25, 0.3) is 5.91 Å². The van der Waals surface area contributed by atoms with E-state index in [9.17, 15) is 18.0 Å². The quantitative estimate of drug-likeness (QED) is 0.679. The van der Waals surface area contributed by atoms with Gasteiger partial charge in [0, 0.05) is 30.4 Å². The molecule has 0 atom stereocenters. The lowest BCUT2D eigenvalue weighted by Crippen LogP contribution is -2.25. The lowest BCUT2D eigenvalue weighted by Gasteiger charge is -2.09. The molecular weight excluding hydrogens is 329 g/mol. The van der Waals surface area contributed by atoms with Crippen LogP contribution in [-0.2, 0) is 12.7 Å². The van der Waals surface area contributed by atoms with E-state index in [4.69, 9.17) is 0 Å². The maximum Gasteiger partial charge on any atom is 0.416 e. The second kappa shape index (κ2) is 7.01. The standard InChI is InChI=1S/C19H17F3N2O/c20-19(21,22)16-8-6-15(7-9-16)18(25)23-11-3-12-24-13-10-14-4-1-2-5-17(14)24/h1-2,4-10,13H,3,11-12H2,(H,23,25). The van der Waals surface area contributed by atoms with Crippen molar-refractivity contribution in [3.63, 3.8) is 0 Å². The van der Waals surface area contributed by atoms with Gasteiger partial charge in [0.15, 0.2) is 0 Å². The molecule has 130 valence electrons. The topological polar surface area (TPSA) is 34.0 Å². The minimum absolute atomic E-state index is 0.222. The SMILES string of the molecule is O=C(NCCCn1ccc2ccccc21)c1ccc(C(F)(F)F)cc1. The van der Waals surface area contributed by atoms with Gasteiger partial charge in [-0.2, -0.15) is 13.2 Å². The summed E-state index contributed by atoms with van der Waals surface area (Å²) in [4.78, 5) is 12.0. The van der Waals surface area contributed by atoms with Crippen LogP contribution in [0.15, 0.2) is 60.8 Å². The highest BCUT2D eigenvalue weighted by Gasteiger charge is 2.30. The van der Waals surface area contributed by atoms with E-state index in [1.54, 1.807) is 0 Å². The van der Waals surface area contributed by atoms with E-state index in [2.05, 4.69) is 9.88 Å². The fraction of sp³-hybridized carbons (Fsp3) is 0.211. The Hall–Kier alpha value is -2.76. The molecule has 1 N–H and O–H groups in total. The molecule has 0 saturated heterocycles. The Morgan fingerprint density at radius 1 is 1.00 bits per heavy atom. The summed E-state index contributed by atoms with van der Waals surface area (Å²) in [5.41, 5.74) is 0.597. The summed E-state index contributed by atoms with van der Waals surface area (Å²) >= 11 is 0. The highest BCUT2D eigenvalue weighted by atomic mass is 19.4. The van der Waals surface area contributed by atoms with Gasteiger partial charge in [0.2, 0.25) is 0 Å². The van der Waals surface area contributed by atoms with E-state index in [1.165, 1.54) is 12.1 Å². The molecule has 1 aromatic heterocycles. The molecule has 0 aliphatic carbocycles. The normalized spacial score (nSPS) is 11.6. The first-order valence-corrected chi connectivity index (χ1v) is 7.94. The number of hydrogen-bond acceptors (Lipinski definition) is 1. The number of benzene rings is 2. The van der Waals surface area contributed by atoms with Crippen molar-refractivity contribution < 1.29 is 18.0 Å². The molecule has 0 unspecified atom stereocenters. The van der Waals surface area contributed by atoms with Gasteiger partial charge in [-0.05, 0) is 48.2 Å². The Bertz CT molecular complexity index is 866. The average Bonchev–Trinajstić information content (AvgIpc) is 3.01. The van der Waals surface area contributed by atoms with Crippen LogP contribution in [0.2, 0.25) is 0 Å². The van der Waals surface area contributed by atoms with E-state index in [1.807, 2.05) is 36.5 Å². The first-order valence-electron chi connectivity index (χ1n) is 7.94. The molecule has 0 saturated carbocycles. The lowest BCUT2D eigenvalue weighted by molar-refractivity contribution is -0.137. The van der Waals surface area contributed by atoms with Crippen LogP contribution in [0.3, 0.4) is 0 Å². The van der Waals surface area contributed by atoms with Gasteiger partial charge in [0.05, 0.1) is 5.56 Å². The third-order valence-electron chi connectivity index (χ3n) is 4.02. The molecule has 3 rings (SSSR count). The number of aryl methyl sites for hydroxylation is 1. The minimum Gasteiger partial charge on any atom is -0.352 e. The van der Waals surface area contributed by atoms with Gasteiger partial charge in [-0.25, -0.2) is 0 Å². The molecule has 0 aliphatic heterocycles. The fourth-order valence-corrected chi connectivity index (χ4v) is 2.70. The molecule has 0 radical (unpaired) electrons. The summed E-state index contributed by atoms with van der Waals surface area (Å²) in [5.74, 6) is -0.369. The molecular formula is C19H17F3N2O. The first kappa shape index (κ1) is 17.1. The highest BCUT2D eigenvalue weighted by Crippen LogP contribution is 2.29. The number of nitrogens with one attached hydrogen (secondary N) is 1. The third kappa shape index (κ3) is 4.02. The van der Waals surface area contributed by atoms with Crippen LogP contribution in [0, 0.1) is 0 Å². The van der Waals surface area contributed by atoms with E-state index in [0.717, 1.165) is 36.0 Å². The van der Waals surface area contributed by atoms with E-state index in [0.29, 0.717) is 6.54 Å². The van der Waals surface area contributed by atoms with Crippen LogP contribution in [0.4, 0.5) is 13.2 Å². The van der Waals surface area contributed by atoms with Crippen molar-refractivity contribution in [2.75, 3.05) is 6.54 Å². The Balaban J connectivity index is 1.51. The summed E-state index contributed by atoms with van der Waals surface area (Å²) in [6.45, 7) is 1.20. The Morgan fingerprint density at radius 2 is 1.72 bits per heavy atom. The molecule has 3 aromatic rings. The molecule has 2 aromatic carbocycles. The number of amides is 1. The molecule has 0 bridgehead atoms. The fourth-order valence-electron chi connectivity index (χ4n) is 2.70. The number of aromatic nitrogens is 1. The van der Waals surface area contributed by atoms with Crippen LogP contribution in [0.25, 0.3) is 10.9 Å². The van der Waals surface area contributed by atoms with Crippen LogP contribution >= 0.6 is 0 Å². The number of para-hydroxylation sites is 1. The first-order chi connectivity index (χ1) is 11.9. The highest BCUT2D eigenvalue weighted by molar-refractivity contribution is 5.94. The molecule has 0 fully saturated rings. The second-order valence-electron chi connectivity index (χ2n) is 5.75. The predicted molar refractivity (Wildman–Crippen MR) is 90.3 cm³/mol. The van der Waals surface area contributed by atoms with E-state index >= 15 is 0 Å². The second-order valence-corrected chi connectivity index (χ2v) is 5.75. The van der Waals surface area contributed by atoms with E-state index in [-0.39, 0.29) is 11.5 Å². The number of alkyl halides is 3.